The molecule has 0 rings (SSSR count). The first-order chi connectivity index (χ1) is 4.81. The van der Waals surface area contributed by atoms with Crippen LogP contribution in [0.5, 0.6) is 0 Å². The maximum Gasteiger partial charge on any atom is 0.182 e. The lowest BCUT2D eigenvalue weighted by Crippen LogP contribution is -2.28. The zero-order chi connectivity index (χ0) is 7.82. The van der Waals surface area contributed by atoms with Crippen LogP contribution in [0.4, 0.5) is 0 Å². The zero-order valence-electron chi connectivity index (χ0n) is 6.76. The van der Waals surface area contributed by atoms with Crippen molar-refractivity contribution in [3.63, 3.8) is 0 Å². The lowest BCUT2D eigenvalue weighted by atomic mass is 10.3. The van der Waals surface area contributed by atoms with E-state index in [4.69, 9.17) is 9.84 Å². The first kappa shape index (κ1) is 9.94. The van der Waals surface area contributed by atoms with Crippen molar-refractivity contribution < 1.29 is 9.84 Å². The highest BCUT2D eigenvalue weighted by Gasteiger charge is 1.95. The SMILES string of the molecule is BN[C@H](C)COCCCO. The summed E-state index contributed by atoms with van der Waals surface area (Å²) in [5, 5.41) is 11.4. The molecule has 0 aromatic rings. The Labute approximate surface area is 63.2 Å². The minimum Gasteiger partial charge on any atom is -0.396 e. The number of aliphatic hydroxyl groups is 1. The summed E-state index contributed by atoms with van der Waals surface area (Å²) in [6.45, 7) is 3.64. The molecule has 2 N–H and O–H groups in total. The summed E-state index contributed by atoms with van der Waals surface area (Å²) in [5.74, 6) is 0. The van der Waals surface area contributed by atoms with Gasteiger partial charge in [0, 0.05) is 19.3 Å². The second kappa shape index (κ2) is 7.06. The number of hydrogen-bond donors (Lipinski definition) is 2. The van der Waals surface area contributed by atoms with Gasteiger partial charge >= 0.3 is 0 Å². The molecule has 1 atom stereocenters. The van der Waals surface area contributed by atoms with E-state index < -0.39 is 0 Å². The van der Waals surface area contributed by atoms with Gasteiger partial charge in [-0.1, -0.05) is 0 Å². The molecule has 0 amide bonds. The predicted octanol–water partition coefficient (Wildman–Crippen LogP) is -1.09. The summed E-state index contributed by atoms with van der Waals surface area (Å²) in [6, 6.07) is 0.402. The molecule has 0 fully saturated rings. The molecule has 0 aromatic heterocycles. The maximum atomic E-state index is 8.39. The van der Waals surface area contributed by atoms with Gasteiger partial charge in [0.1, 0.15) is 0 Å². The highest BCUT2D eigenvalue weighted by atomic mass is 16.5. The minimum absolute atomic E-state index is 0.216. The Morgan fingerprint density at radius 3 is 2.90 bits per heavy atom. The fraction of sp³-hybridized carbons (Fsp3) is 1.00. The summed E-state index contributed by atoms with van der Waals surface area (Å²) in [4.78, 5) is 0. The van der Waals surface area contributed by atoms with Crippen LogP contribution in [0.15, 0.2) is 0 Å². The van der Waals surface area contributed by atoms with Crippen molar-refractivity contribution in [2.75, 3.05) is 19.8 Å². The zero-order valence-corrected chi connectivity index (χ0v) is 6.76. The van der Waals surface area contributed by atoms with Crippen molar-refractivity contribution in [1.29, 1.82) is 0 Å². The van der Waals surface area contributed by atoms with Crippen LogP contribution in [0.1, 0.15) is 13.3 Å². The molecule has 0 aliphatic heterocycles. The van der Waals surface area contributed by atoms with E-state index in [0.29, 0.717) is 12.6 Å². The lowest BCUT2D eigenvalue weighted by Gasteiger charge is -2.09. The van der Waals surface area contributed by atoms with Gasteiger partial charge in [0.15, 0.2) is 7.98 Å². The van der Waals surface area contributed by atoms with Gasteiger partial charge in [-0.3, -0.25) is 0 Å². The van der Waals surface area contributed by atoms with E-state index in [-0.39, 0.29) is 6.61 Å². The number of aliphatic hydroxyl groups excluding tert-OH is 1. The van der Waals surface area contributed by atoms with Crippen LogP contribution in [0.2, 0.25) is 0 Å². The average Bonchev–Trinajstić information content (AvgIpc) is 1.98. The molecule has 0 aliphatic rings. The molecule has 0 spiro atoms. The summed E-state index contributed by atoms with van der Waals surface area (Å²) in [6.07, 6.45) is 0.733. The standard InChI is InChI=1S/C6H16BNO2/c1-6(8-7)5-10-4-2-3-9/h6,8-9H,2-5,7H2,1H3/t6-/m1/s1. The molecule has 10 heavy (non-hydrogen) atoms. The molecular formula is C6H16BNO2. The van der Waals surface area contributed by atoms with Gasteiger partial charge in [0.05, 0.1) is 6.61 Å². The average molecular weight is 145 g/mol. The molecule has 0 saturated heterocycles. The third-order valence-electron chi connectivity index (χ3n) is 1.31. The second-order valence-corrected chi connectivity index (χ2v) is 2.34. The van der Waals surface area contributed by atoms with Gasteiger partial charge in [-0.05, 0) is 13.3 Å². The van der Waals surface area contributed by atoms with Crippen LogP contribution >= 0.6 is 0 Å². The predicted molar refractivity (Wildman–Crippen MR) is 43.7 cm³/mol. The number of rotatable bonds is 6. The van der Waals surface area contributed by atoms with Gasteiger partial charge in [-0.25, -0.2) is 0 Å². The summed E-state index contributed by atoms with van der Waals surface area (Å²) in [5.41, 5.74) is 0. The molecule has 0 unspecified atom stereocenters. The summed E-state index contributed by atoms with van der Waals surface area (Å²) in [7, 11) is 1.90. The Kier molecular flexibility index (Phi) is 7.02. The Hall–Kier alpha value is -0.0551. The monoisotopic (exact) mass is 145 g/mol. The molecular weight excluding hydrogens is 129 g/mol. The quantitative estimate of drug-likeness (QED) is 0.368. The second-order valence-electron chi connectivity index (χ2n) is 2.34. The van der Waals surface area contributed by atoms with Crippen molar-refractivity contribution in [2.45, 2.75) is 19.4 Å². The fourth-order valence-electron chi connectivity index (χ4n) is 0.510. The molecule has 0 heterocycles. The van der Waals surface area contributed by atoms with Gasteiger partial charge in [0.2, 0.25) is 0 Å². The van der Waals surface area contributed by atoms with E-state index in [9.17, 15) is 0 Å². The van der Waals surface area contributed by atoms with Gasteiger partial charge in [0.25, 0.3) is 0 Å². The molecule has 0 aromatic carbocycles. The minimum atomic E-state index is 0.216. The van der Waals surface area contributed by atoms with Crippen LogP contribution < -0.4 is 5.23 Å². The molecule has 0 bridgehead atoms. The van der Waals surface area contributed by atoms with Crippen LogP contribution in [0.25, 0.3) is 0 Å². The maximum absolute atomic E-state index is 8.39. The third-order valence-corrected chi connectivity index (χ3v) is 1.31. The normalized spacial score (nSPS) is 13.4. The van der Waals surface area contributed by atoms with E-state index in [1.54, 1.807) is 0 Å². The lowest BCUT2D eigenvalue weighted by molar-refractivity contribution is 0.105. The Bertz CT molecular complexity index is 72.8. The Morgan fingerprint density at radius 1 is 1.70 bits per heavy atom. The van der Waals surface area contributed by atoms with E-state index in [1.807, 2.05) is 7.98 Å². The van der Waals surface area contributed by atoms with Gasteiger partial charge in [-0.15, -0.1) is 0 Å². The Balaban J connectivity index is 2.89. The largest absolute Gasteiger partial charge is 0.396 e. The van der Waals surface area contributed by atoms with Gasteiger partial charge in [-0.2, -0.15) is 0 Å². The third kappa shape index (κ3) is 6.07. The van der Waals surface area contributed by atoms with E-state index in [1.165, 1.54) is 0 Å². The number of ether oxygens (including phenoxy) is 1. The van der Waals surface area contributed by atoms with Crippen molar-refractivity contribution in [2.24, 2.45) is 0 Å². The summed E-state index contributed by atoms with van der Waals surface area (Å²) < 4.78 is 5.20. The van der Waals surface area contributed by atoms with E-state index in [2.05, 4.69) is 12.2 Å². The van der Waals surface area contributed by atoms with Crippen LogP contribution in [-0.2, 0) is 4.74 Å². The van der Waals surface area contributed by atoms with Crippen molar-refractivity contribution >= 4 is 7.98 Å². The first-order valence-electron chi connectivity index (χ1n) is 3.67. The molecule has 4 heteroatoms. The van der Waals surface area contributed by atoms with Crippen LogP contribution in [0, 0.1) is 0 Å². The number of hydrogen-bond acceptors (Lipinski definition) is 3. The van der Waals surface area contributed by atoms with E-state index >= 15 is 0 Å². The Morgan fingerprint density at radius 2 is 2.40 bits per heavy atom. The molecule has 0 aliphatic carbocycles. The van der Waals surface area contributed by atoms with Crippen molar-refractivity contribution in [1.82, 2.24) is 5.23 Å². The number of nitrogens with one attached hydrogen (secondary N) is 1. The van der Waals surface area contributed by atoms with E-state index in [0.717, 1.165) is 13.0 Å². The van der Waals surface area contributed by atoms with Crippen LogP contribution in [0.3, 0.4) is 0 Å². The molecule has 3 nitrogen and oxygen atoms in total. The molecule has 60 valence electrons. The van der Waals surface area contributed by atoms with Crippen molar-refractivity contribution in [3.05, 3.63) is 0 Å². The smallest absolute Gasteiger partial charge is 0.182 e. The summed E-state index contributed by atoms with van der Waals surface area (Å²) >= 11 is 0. The molecule has 0 saturated carbocycles. The first-order valence-corrected chi connectivity index (χ1v) is 3.67. The fourth-order valence-corrected chi connectivity index (χ4v) is 0.510. The molecule has 0 radical (unpaired) electrons. The van der Waals surface area contributed by atoms with Gasteiger partial charge < -0.3 is 15.1 Å². The van der Waals surface area contributed by atoms with Crippen LogP contribution in [-0.4, -0.2) is 39.0 Å². The highest BCUT2D eigenvalue weighted by Crippen LogP contribution is 1.84. The van der Waals surface area contributed by atoms with Crippen molar-refractivity contribution in [3.8, 4) is 0 Å². The highest BCUT2D eigenvalue weighted by molar-refractivity contribution is 6.04. The topological polar surface area (TPSA) is 41.5 Å².